The van der Waals surface area contributed by atoms with Crippen LogP contribution in [-0.4, -0.2) is 60.3 Å². The van der Waals surface area contributed by atoms with Gasteiger partial charge in [-0.05, 0) is 24.3 Å². The molecule has 3 amide bonds. The van der Waals surface area contributed by atoms with Crippen molar-refractivity contribution in [2.24, 2.45) is 0 Å². The summed E-state index contributed by atoms with van der Waals surface area (Å²) in [6.07, 6.45) is 1.46. The molecule has 142 valence electrons. The third kappa shape index (κ3) is 4.66. The third-order valence-corrected chi connectivity index (χ3v) is 4.20. The molecule has 0 bridgehead atoms. The van der Waals surface area contributed by atoms with Gasteiger partial charge in [-0.3, -0.25) is 14.4 Å². The van der Waals surface area contributed by atoms with E-state index in [0.29, 0.717) is 43.4 Å². The molecule has 8 nitrogen and oxygen atoms in total. The third-order valence-electron chi connectivity index (χ3n) is 4.20. The summed E-state index contributed by atoms with van der Waals surface area (Å²) in [6.45, 7) is 3.01. The molecule has 1 aromatic heterocycles. The number of nitrogens with zero attached hydrogens (tertiary/aromatic N) is 2. The molecular formula is C19H21N3O5. The zero-order valence-corrected chi connectivity index (χ0v) is 15.0. The fourth-order valence-electron chi connectivity index (χ4n) is 2.83. The summed E-state index contributed by atoms with van der Waals surface area (Å²) in [5.41, 5.74) is 0.520. The number of amides is 3. The summed E-state index contributed by atoms with van der Waals surface area (Å²) in [6, 6.07) is 10.2. The van der Waals surface area contributed by atoms with Crippen molar-refractivity contribution in [1.82, 2.24) is 9.80 Å². The van der Waals surface area contributed by atoms with Crippen LogP contribution < -0.4 is 10.1 Å². The van der Waals surface area contributed by atoms with Crippen molar-refractivity contribution in [3.63, 3.8) is 0 Å². The van der Waals surface area contributed by atoms with Gasteiger partial charge in [0.25, 0.3) is 11.8 Å². The second kappa shape index (κ2) is 8.39. The Hall–Kier alpha value is -3.29. The lowest BCUT2D eigenvalue weighted by Gasteiger charge is -2.34. The normalized spacial score (nSPS) is 14.0. The van der Waals surface area contributed by atoms with Crippen LogP contribution >= 0.6 is 0 Å². The highest BCUT2D eigenvalue weighted by molar-refractivity contribution is 5.92. The molecule has 0 radical (unpaired) electrons. The first kappa shape index (κ1) is 18.5. The molecule has 0 atom stereocenters. The number of hydrogen-bond acceptors (Lipinski definition) is 5. The van der Waals surface area contributed by atoms with Crippen LogP contribution in [0.1, 0.15) is 17.5 Å². The monoisotopic (exact) mass is 371 g/mol. The highest BCUT2D eigenvalue weighted by Crippen LogP contribution is 2.23. The number of benzene rings is 1. The minimum Gasteiger partial charge on any atom is -0.482 e. The molecule has 1 fully saturated rings. The first-order chi connectivity index (χ1) is 13.0. The second-order valence-corrected chi connectivity index (χ2v) is 6.12. The maximum atomic E-state index is 12.4. The smallest absolute Gasteiger partial charge is 0.289 e. The van der Waals surface area contributed by atoms with Crippen molar-refractivity contribution in [2.45, 2.75) is 6.92 Å². The maximum Gasteiger partial charge on any atom is 0.289 e. The number of piperazine rings is 1. The van der Waals surface area contributed by atoms with Crippen LogP contribution in [0.25, 0.3) is 0 Å². The molecular weight excluding hydrogens is 350 g/mol. The minimum atomic E-state index is -0.213. The van der Waals surface area contributed by atoms with Crippen molar-refractivity contribution in [1.29, 1.82) is 0 Å². The molecule has 1 aliphatic heterocycles. The fraction of sp³-hybridized carbons (Fsp3) is 0.316. The zero-order valence-electron chi connectivity index (χ0n) is 15.0. The molecule has 0 aliphatic carbocycles. The second-order valence-electron chi connectivity index (χ2n) is 6.12. The Morgan fingerprint density at radius 2 is 1.74 bits per heavy atom. The molecule has 1 aliphatic rings. The van der Waals surface area contributed by atoms with Crippen LogP contribution in [-0.2, 0) is 9.59 Å². The van der Waals surface area contributed by atoms with Gasteiger partial charge in [-0.2, -0.15) is 0 Å². The van der Waals surface area contributed by atoms with Crippen molar-refractivity contribution in [3.05, 3.63) is 48.4 Å². The van der Waals surface area contributed by atoms with E-state index in [4.69, 9.17) is 9.15 Å². The van der Waals surface area contributed by atoms with Crippen molar-refractivity contribution in [2.75, 3.05) is 38.1 Å². The number of anilines is 1. The molecule has 3 rings (SSSR count). The molecule has 0 spiro atoms. The summed E-state index contributed by atoms with van der Waals surface area (Å²) in [4.78, 5) is 39.2. The Bertz CT molecular complexity index is 811. The van der Waals surface area contributed by atoms with Gasteiger partial charge in [-0.1, -0.05) is 12.1 Å². The number of nitrogens with one attached hydrogen (secondary N) is 1. The lowest BCUT2D eigenvalue weighted by Crippen LogP contribution is -2.51. The van der Waals surface area contributed by atoms with Gasteiger partial charge >= 0.3 is 0 Å². The highest BCUT2D eigenvalue weighted by atomic mass is 16.5. The van der Waals surface area contributed by atoms with Crippen LogP contribution in [0.2, 0.25) is 0 Å². The number of rotatable bonds is 5. The molecule has 2 heterocycles. The van der Waals surface area contributed by atoms with Gasteiger partial charge in [-0.15, -0.1) is 0 Å². The Morgan fingerprint density at radius 3 is 2.41 bits per heavy atom. The minimum absolute atomic E-state index is 0.136. The van der Waals surface area contributed by atoms with Crippen molar-refractivity contribution in [3.8, 4) is 5.75 Å². The number of hydrogen-bond donors (Lipinski definition) is 1. The van der Waals surface area contributed by atoms with E-state index in [2.05, 4.69) is 5.32 Å². The molecule has 0 saturated carbocycles. The predicted molar refractivity (Wildman–Crippen MR) is 97.4 cm³/mol. The van der Waals surface area contributed by atoms with Crippen molar-refractivity contribution < 1.29 is 23.5 Å². The maximum absolute atomic E-state index is 12.4. The van der Waals surface area contributed by atoms with E-state index < -0.39 is 0 Å². The van der Waals surface area contributed by atoms with Crippen LogP contribution in [0.3, 0.4) is 0 Å². The predicted octanol–water partition coefficient (Wildman–Crippen LogP) is 1.60. The van der Waals surface area contributed by atoms with Gasteiger partial charge in [0.2, 0.25) is 5.91 Å². The summed E-state index contributed by atoms with van der Waals surface area (Å²) in [7, 11) is 0. The Morgan fingerprint density at radius 1 is 1.04 bits per heavy atom. The number of ether oxygens (including phenoxy) is 1. The van der Waals surface area contributed by atoms with Gasteiger partial charge in [-0.25, -0.2) is 0 Å². The van der Waals surface area contributed by atoms with E-state index in [-0.39, 0.29) is 24.3 Å². The average molecular weight is 371 g/mol. The van der Waals surface area contributed by atoms with E-state index in [1.807, 2.05) is 0 Å². The van der Waals surface area contributed by atoms with E-state index in [9.17, 15) is 14.4 Å². The first-order valence-corrected chi connectivity index (χ1v) is 8.64. The standard InChI is InChI=1S/C19H21N3O5/c1-14(23)20-15-5-2-3-6-16(15)27-13-18(24)21-8-10-22(11-9-21)19(25)17-7-4-12-26-17/h2-7,12H,8-11,13H2,1H3,(H,20,23). The van der Waals surface area contributed by atoms with Gasteiger partial charge in [0.15, 0.2) is 12.4 Å². The van der Waals surface area contributed by atoms with E-state index >= 15 is 0 Å². The number of carbonyl (C=O) groups is 3. The molecule has 8 heteroatoms. The fourth-order valence-corrected chi connectivity index (χ4v) is 2.83. The topological polar surface area (TPSA) is 92.1 Å². The number of carbonyl (C=O) groups excluding carboxylic acids is 3. The largest absolute Gasteiger partial charge is 0.482 e. The molecule has 1 aromatic carbocycles. The van der Waals surface area contributed by atoms with Crippen LogP contribution in [0, 0.1) is 0 Å². The van der Waals surface area contributed by atoms with E-state index in [1.54, 1.807) is 46.2 Å². The number of para-hydroxylation sites is 2. The summed E-state index contributed by atoms with van der Waals surface area (Å²) < 4.78 is 10.7. The van der Waals surface area contributed by atoms with Gasteiger partial charge in [0.1, 0.15) is 5.75 Å². The Kier molecular flexibility index (Phi) is 5.75. The molecule has 0 unspecified atom stereocenters. The van der Waals surface area contributed by atoms with Crippen LogP contribution in [0.5, 0.6) is 5.75 Å². The van der Waals surface area contributed by atoms with E-state index in [0.717, 1.165) is 0 Å². The lowest BCUT2D eigenvalue weighted by molar-refractivity contribution is -0.134. The highest BCUT2D eigenvalue weighted by Gasteiger charge is 2.26. The quantitative estimate of drug-likeness (QED) is 0.862. The molecule has 27 heavy (non-hydrogen) atoms. The van der Waals surface area contributed by atoms with Gasteiger partial charge in [0, 0.05) is 33.1 Å². The Balaban J connectivity index is 1.50. The zero-order chi connectivity index (χ0) is 19.2. The van der Waals surface area contributed by atoms with Gasteiger partial charge < -0.3 is 24.3 Å². The first-order valence-electron chi connectivity index (χ1n) is 8.64. The summed E-state index contributed by atoms with van der Waals surface area (Å²) in [5, 5.41) is 2.67. The van der Waals surface area contributed by atoms with Crippen LogP contribution in [0.4, 0.5) is 5.69 Å². The molecule has 2 aromatic rings. The van der Waals surface area contributed by atoms with Crippen LogP contribution in [0.15, 0.2) is 47.1 Å². The summed E-state index contributed by atoms with van der Waals surface area (Å²) >= 11 is 0. The Labute approximate surface area is 156 Å². The molecule has 1 saturated heterocycles. The SMILES string of the molecule is CC(=O)Nc1ccccc1OCC(=O)N1CCN(C(=O)c2ccco2)CC1. The lowest BCUT2D eigenvalue weighted by atomic mass is 10.2. The summed E-state index contributed by atoms with van der Waals surface area (Å²) in [5.74, 6) is 0.181. The number of furan rings is 1. The average Bonchev–Trinajstić information content (AvgIpc) is 3.21. The molecule has 1 N–H and O–H groups in total. The van der Waals surface area contributed by atoms with Gasteiger partial charge in [0.05, 0.1) is 12.0 Å². The van der Waals surface area contributed by atoms with Crippen molar-refractivity contribution >= 4 is 23.4 Å². The van der Waals surface area contributed by atoms with E-state index in [1.165, 1.54) is 13.2 Å².